The average Bonchev–Trinajstić information content (AvgIpc) is 2.29. The highest BCUT2D eigenvalue weighted by Crippen LogP contribution is 2.46. The first-order chi connectivity index (χ1) is 8.10. The van der Waals surface area contributed by atoms with Crippen LogP contribution < -0.4 is 0 Å². The fourth-order valence-electron chi connectivity index (χ4n) is 2.01. The Bertz CT molecular complexity index is 502. The van der Waals surface area contributed by atoms with Crippen molar-refractivity contribution in [3.8, 4) is 6.19 Å². The predicted octanol–water partition coefficient (Wildman–Crippen LogP) is 2.17. The zero-order chi connectivity index (χ0) is 12.5. The van der Waals surface area contributed by atoms with Gasteiger partial charge in [-0.05, 0) is 30.9 Å². The van der Waals surface area contributed by atoms with Crippen molar-refractivity contribution in [2.75, 3.05) is 7.05 Å². The standard InChI is InChI=1S/C11H12ClN3OS/c1-15(8-13)17(16)11(5-2-6-11)9-3-4-10(12)14-7-9/h3-4,7H,2,5-6H2,1H3. The van der Waals surface area contributed by atoms with E-state index in [0.29, 0.717) is 5.15 Å². The van der Waals surface area contributed by atoms with Crippen LogP contribution in [0.5, 0.6) is 0 Å². The van der Waals surface area contributed by atoms with Gasteiger partial charge in [-0.1, -0.05) is 28.6 Å². The van der Waals surface area contributed by atoms with E-state index >= 15 is 0 Å². The lowest BCUT2D eigenvalue weighted by Gasteiger charge is -2.45. The first-order valence-corrected chi connectivity index (χ1v) is 6.76. The number of aromatic nitrogens is 1. The topological polar surface area (TPSA) is 62.8 Å². The summed E-state index contributed by atoms with van der Waals surface area (Å²) in [5, 5.41) is 9.24. The number of halogens is 1. The van der Waals surface area contributed by atoms with Gasteiger partial charge in [-0.15, -0.1) is 0 Å². The molecular formula is C11H12ClN3OS. The van der Waals surface area contributed by atoms with Gasteiger partial charge in [-0.25, -0.2) is 4.98 Å². The van der Waals surface area contributed by atoms with Gasteiger partial charge in [0.2, 0.25) is 0 Å². The third-order valence-corrected chi connectivity index (χ3v) is 5.25. The van der Waals surface area contributed by atoms with E-state index in [0.717, 1.165) is 24.8 Å². The molecule has 1 aliphatic rings. The van der Waals surface area contributed by atoms with Gasteiger partial charge in [0, 0.05) is 6.20 Å². The third-order valence-electron chi connectivity index (χ3n) is 3.14. The summed E-state index contributed by atoms with van der Waals surface area (Å²) in [6.07, 6.45) is 6.21. The average molecular weight is 270 g/mol. The molecule has 0 spiro atoms. The fraction of sp³-hybridized carbons (Fsp3) is 0.455. The molecule has 4 nitrogen and oxygen atoms in total. The second-order valence-electron chi connectivity index (χ2n) is 4.06. The van der Waals surface area contributed by atoms with Crippen molar-refractivity contribution in [3.63, 3.8) is 0 Å². The molecule has 1 aliphatic carbocycles. The fourth-order valence-corrected chi connectivity index (χ4v) is 3.68. The van der Waals surface area contributed by atoms with Crippen molar-refractivity contribution in [1.82, 2.24) is 4.98 Å². The Labute approximate surface area is 108 Å². The quantitative estimate of drug-likeness (QED) is 0.358. The highest BCUT2D eigenvalue weighted by Gasteiger charge is 2.41. The van der Waals surface area contributed by atoms with E-state index < -0.39 is 15.7 Å². The first kappa shape index (κ1) is 12.5. The van der Waals surface area contributed by atoms with Gasteiger partial charge < -0.3 is 4.55 Å². The molecule has 1 saturated carbocycles. The Morgan fingerprint density at radius 1 is 1.59 bits per heavy atom. The molecule has 17 heavy (non-hydrogen) atoms. The zero-order valence-electron chi connectivity index (χ0n) is 9.39. The molecule has 0 aromatic carbocycles. The molecule has 0 amide bonds. The summed E-state index contributed by atoms with van der Waals surface area (Å²) in [6, 6.07) is 3.54. The SMILES string of the molecule is C[N+](C#N)=S([O-])C1(c2ccc(Cl)nc2)CCC1. The summed E-state index contributed by atoms with van der Waals surface area (Å²) in [4.78, 5) is 4.02. The largest absolute Gasteiger partial charge is 0.771 e. The Kier molecular flexibility index (Phi) is 3.48. The van der Waals surface area contributed by atoms with Gasteiger partial charge in [0.25, 0.3) is 0 Å². The summed E-state index contributed by atoms with van der Waals surface area (Å²) in [7, 11) is 0.191. The van der Waals surface area contributed by atoms with Crippen LogP contribution in [0.3, 0.4) is 0 Å². The van der Waals surface area contributed by atoms with Gasteiger partial charge in [-0.2, -0.15) is 3.95 Å². The van der Waals surface area contributed by atoms with Crippen molar-refractivity contribution in [1.29, 1.82) is 5.26 Å². The maximum atomic E-state index is 12.3. The molecule has 1 atom stereocenters. The molecule has 1 aromatic rings. The van der Waals surface area contributed by atoms with Crippen LogP contribution in [-0.2, 0) is 15.7 Å². The van der Waals surface area contributed by atoms with Gasteiger partial charge in [-0.3, -0.25) is 0 Å². The number of nitrogens with zero attached hydrogens (tertiary/aromatic N) is 3. The van der Waals surface area contributed by atoms with Gasteiger partial charge in [0.05, 0.1) is 11.8 Å². The van der Waals surface area contributed by atoms with Crippen molar-refractivity contribution < 1.29 is 8.50 Å². The van der Waals surface area contributed by atoms with E-state index in [-0.39, 0.29) is 0 Å². The molecule has 0 saturated heterocycles. The van der Waals surface area contributed by atoms with Crippen molar-refractivity contribution >= 4 is 22.6 Å². The Morgan fingerprint density at radius 2 is 2.29 bits per heavy atom. The summed E-state index contributed by atoms with van der Waals surface area (Å²) in [5.41, 5.74) is 0.897. The van der Waals surface area contributed by atoms with E-state index in [1.165, 1.54) is 3.95 Å². The summed E-state index contributed by atoms with van der Waals surface area (Å²) in [5.74, 6) is 0. The van der Waals surface area contributed by atoms with E-state index in [2.05, 4.69) is 4.98 Å². The third kappa shape index (κ3) is 2.08. The molecule has 0 aliphatic heterocycles. The second-order valence-corrected chi connectivity index (χ2v) is 6.28. The van der Waals surface area contributed by atoms with Crippen molar-refractivity contribution in [2.24, 2.45) is 0 Å². The van der Waals surface area contributed by atoms with E-state index in [1.54, 1.807) is 19.3 Å². The van der Waals surface area contributed by atoms with Crippen LogP contribution in [0, 0.1) is 11.5 Å². The molecule has 2 rings (SSSR count). The summed E-state index contributed by atoms with van der Waals surface area (Å²) in [6.45, 7) is 0. The monoisotopic (exact) mass is 269 g/mol. The van der Waals surface area contributed by atoms with E-state index in [1.807, 2.05) is 12.3 Å². The lowest BCUT2D eigenvalue weighted by molar-refractivity contribution is -0.381. The Balaban J connectivity index is 2.46. The van der Waals surface area contributed by atoms with Gasteiger partial charge >= 0.3 is 6.19 Å². The predicted molar refractivity (Wildman–Crippen MR) is 64.7 cm³/mol. The number of pyridine rings is 1. The first-order valence-electron chi connectivity index (χ1n) is 5.28. The lowest BCUT2D eigenvalue weighted by atomic mass is 9.79. The summed E-state index contributed by atoms with van der Waals surface area (Å²) < 4.78 is 13.1. The smallest absolute Gasteiger partial charge is 0.464 e. The molecule has 0 N–H and O–H groups in total. The molecule has 90 valence electrons. The molecule has 0 bridgehead atoms. The van der Waals surface area contributed by atoms with Crippen LogP contribution in [0.25, 0.3) is 0 Å². The van der Waals surface area contributed by atoms with Crippen molar-refractivity contribution in [3.05, 3.63) is 29.0 Å². The number of nitriles is 1. The molecule has 1 aromatic heterocycles. The normalized spacial score (nSPS) is 20.0. The second kappa shape index (κ2) is 4.73. The maximum absolute atomic E-state index is 12.3. The molecular weight excluding hydrogens is 258 g/mol. The number of rotatable bonds is 2. The molecule has 0 radical (unpaired) electrons. The van der Waals surface area contributed by atoms with Crippen LogP contribution in [0.1, 0.15) is 24.8 Å². The Morgan fingerprint density at radius 3 is 2.71 bits per heavy atom. The highest BCUT2D eigenvalue weighted by molar-refractivity contribution is 7.80. The molecule has 6 heteroatoms. The van der Waals surface area contributed by atoms with Gasteiger partial charge in [0.15, 0.2) is 5.26 Å². The van der Waals surface area contributed by atoms with Crippen LogP contribution in [0.4, 0.5) is 0 Å². The van der Waals surface area contributed by atoms with Crippen LogP contribution in [0.2, 0.25) is 5.15 Å². The molecule has 1 heterocycles. The minimum absolute atomic E-state index is 0.419. The van der Waals surface area contributed by atoms with Crippen LogP contribution >= 0.6 is 11.6 Å². The molecule has 1 unspecified atom stereocenters. The van der Waals surface area contributed by atoms with Crippen molar-refractivity contribution in [2.45, 2.75) is 24.0 Å². The lowest BCUT2D eigenvalue weighted by Crippen LogP contribution is -2.41. The van der Waals surface area contributed by atoms with Gasteiger partial charge in [0.1, 0.15) is 5.15 Å². The zero-order valence-corrected chi connectivity index (χ0v) is 11.0. The van der Waals surface area contributed by atoms with E-state index in [4.69, 9.17) is 16.9 Å². The van der Waals surface area contributed by atoms with E-state index in [9.17, 15) is 4.55 Å². The maximum Gasteiger partial charge on any atom is 0.464 e. The summed E-state index contributed by atoms with van der Waals surface area (Å²) >= 11 is 5.74. The minimum Gasteiger partial charge on any atom is -0.771 e. The Hall–Kier alpha value is -0.960. The number of hydrogen-bond acceptors (Lipinski definition) is 3. The molecule has 1 fully saturated rings. The van der Waals surface area contributed by atoms with Crippen LogP contribution in [-0.4, -0.2) is 20.5 Å². The number of hydrogen-bond donors (Lipinski definition) is 0. The van der Waals surface area contributed by atoms with Crippen LogP contribution in [0.15, 0.2) is 18.3 Å². The highest BCUT2D eigenvalue weighted by atomic mass is 35.5. The minimum atomic E-state index is -1.35.